The van der Waals surface area contributed by atoms with Gasteiger partial charge in [-0.15, -0.1) is 11.8 Å². The largest absolute Gasteiger partial charge is 0.314 e. The zero-order chi connectivity index (χ0) is 12.3. The van der Waals surface area contributed by atoms with E-state index in [2.05, 4.69) is 30.2 Å². The van der Waals surface area contributed by atoms with Crippen molar-refractivity contribution in [3.05, 3.63) is 11.6 Å². The standard InChI is InChI=1S/C16H27N/c1-3-5-7-12-16(17-13-4-2)14-15-10-8-6-9-11-15/h10,16-17H,4,6-9,11-14H2,1-2H3. The lowest BCUT2D eigenvalue weighted by Gasteiger charge is -2.21. The Morgan fingerprint density at radius 2 is 2.29 bits per heavy atom. The SMILES string of the molecule is CC#CCCC(CC1=CCCCC1)NCCC. The third-order valence-electron chi connectivity index (χ3n) is 3.37. The molecule has 0 spiro atoms. The van der Waals surface area contributed by atoms with Crippen molar-refractivity contribution in [2.75, 3.05) is 6.54 Å². The Bertz CT molecular complexity index is 280. The van der Waals surface area contributed by atoms with Crippen molar-refractivity contribution in [3.63, 3.8) is 0 Å². The lowest BCUT2D eigenvalue weighted by molar-refractivity contribution is 0.471. The average Bonchev–Trinajstić information content (AvgIpc) is 2.37. The van der Waals surface area contributed by atoms with Crippen molar-refractivity contribution in [1.29, 1.82) is 0 Å². The Morgan fingerprint density at radius 1 is 1.41 bits per heavy atom. The van der Waals surface area contributed by atoms with E-state index in [0.29, 0.717) is 6.04 Å². The van der Waals surface area contributed by atoms with E-state index in [1.165, 1.54) is 44.9 Å². The molecule has 0 saturated heterocycles. The van der Waals surface area contributed by atoms with Crippen LogP contribution < -0.4 is 5.32 Å². The molecule has 1 aliphatic rings. The topological polar surface area (TPSA) is 12.0 Å². The molecule has 0 saturated carbocycles. The summed E-state index contributed by atoms with van der Waals surface area (Å²) >= 11 is 0. The molecule has 0 heterocycles. The summed E-state index contributed by atoms with van der Waals surface area (Å²) in [5, 5.41) is 3.67. The van der Waals surface area contributed by atoms with Gasteiger partial charge in [0, 0.05) is 12.5 Å². The van der Waals surface area contributed by atoms with Crippen LogP contribution in [-0.4, -0.2) is 12.6 Å². The molecular weight excluding hydrogens is 206 g/mol. The molecule has 1 nitrogen and oxygen atoms in total. The summed E-state index contributed by atoms with van der Waals surface area (Å²) in [6, 6.07) is 0.639. The van der Waals surface area contributed by atoms with Crippen LogP contribution in [0.5, 0.6) is 0 Å². The first-order chi connectivity index (χ1) is 8.36. The van der Waals surface area contributed by atoms with Crippen LogP contribution in [0.2, 0.25) is 0 Å². The molecule has 0 radical (unpaired) electrons. The number of rotatable bonds is 7. The molecule has 1 unspecified atom stereocenters. The molecule has 0 aliphatic heterocycles. The monoisotopic (exact) mass is 233 g/mol. The van der Waals surface area contributed by atoms with Gasteiger partial charge in [0.1, 0.15) is 0 Å². The van der Waals surface area contributed by atoms with Gasteiger partial charge in [0.25, 0.3) is 0 Å². The van der Waals surface area contributed by atoms with Crippen LogP contribution >= 0.6 is 0 Å². The fourth-order valence-electron chi connectivity index (χ4n) is 2.40. The van der Waals surface area contributed by atoms with Crippen molar-refractivity contribution in [2.45, 2.75) is 71.3 Å². The lowest BCUT2D eigenvalue weighted by atomic mass is 9.92. The second kappa shape index (κ2) is 9.31. The molecule has 96 valence electrons. The van der Waals surface area contributed by atoms with Crippen molar-refractivity contribution < 1.29 is 0 Å². The molecule has 0 aromatic rings. The van der Waals surface area contributed by atoms with Crippen LogP contribution in [0.15, 0.2) is 11.6 Å². The van der Waals surface area contributed by atoms with Crippen LogP contribution in [0.4, 0.5) is 0 Å². The molecule has 1 atom stereocenters. The van der Waals surface area contributed by atoms with Gasteiger partial charge in [-0.2, -0.15) is 0 Å². The zero-order valence-corrected chi connectivity index (χ0v) is 11.5. The van der Waals surface area contributed by atoms with Crippen molar-refractivity contribution in [2.24, 2.45) is 0 Å². The number of allylic oxidation sites excluding steroid dienone is 1. The first-order valence-corrected chi connectivity index (χ1v) is 7.17. The van der Waals surface area contributed by atoms with E-state index < -0.39 is 0 Å². The molecular formula is C16H27N. The van der Waals surface area contributed by atoms with Crippen LogP contribution in [-0.2, 0) is 0 Å². The second-order valence-corrected chi connectivity index (χ2v) is 4.93. The van der Waals surface area contributed by atoms with Crippen molar-refractivity contribution in [1.82, 2.24) is 5.32 Å². The minimum Gasteiger partial charge on any atom is -0.314 e. The molecule has 17 heavy (non-hydrogen) atoms. The minimum absolute atomic E-state index is 0.639. The van der Waals surface area contributed by atoms with Gasteiger partial charge < -0.3 is 5.32 Å². The zero-order valence-electron chi connectivity index (χ0n) is 11.5. The Labute approximate surface area is 107 Å². The summed E-state index contributed by atoms with van der Waals surface area (Å²) in [4.78, 5) is 0. The third kappa shape index (κ3) is 6.54. The molecule has 0 bridgehead atoms. The van der Waals surface area contributed by atoms with Crippen LogP contribution in [0, 0.1) is 11.8 Å². The number of nitrogens with one attached hydrogen (secondary N) is 1. The maximum Gasteiger partial charge on any atom is 0.0113 e. The highest BCUT2D eigenvalue weighted by Crippen LogP contribution is 2.22. The summed E-state index contributed by atoms with van der Waals surface area (Å²) in [6.45, 7) is 5.30. The van der Waals surface area contributed by atoms with E-state index >= 15 is 0 Å². The van der Waals surface area contributed by atoms with Crippen molar-refractivity contribution in [3.8, 4) is 11.8 Å². The smallest absolute Gasteiger partial charge is 0.0113 e. The maximum absolute atomic E-state index is 3.67. The highest BCUT2D eigenvalue weighted by atomic mass is 14.9. The van der Waals surface area contributed by atoms with Crippen LogP contribution in [0.25, 0.3) is 0 Å². The molecule has 1 rings (SSSR count). The predicted molar refractivity (Wildman–Crippen MR) is 75.9 cm³/mol. The second-order valence-electron chi connectivity index (χ2n) is 4.93. The normalized spacial score (nSPS) is 16.9. The van der Waals surface area contributed by atoms with Gasteiger partial charge in [-0.3, -0.25) is 0 Å². The highest BCUT2D eigenvalue weighted by molar-refractivity contribution is 5.07. The van der Waals surface area contributed by atoms with Crippen LogP contribution in [0.3, 0.4) is 0 Å². The van der Waals surface area contributed by atoms with E-state index in [1.54, 1.807) is 5.57 Å². The average molecular weight is 233 g/mol. The van der Waals surface area contributed by atoms with E-state index in [9.17, 15) is 0 Å². The van der Waals surface area contributed by atoms with Gasteiger partial charge in [0.2, 0.25) is 0 Å². The van der Waals surface area contributed by atoms with E-state index in [-0.39, 0.29) is 0 Å². The summed E-state index contributed by atoms with van der Waals surface area (Å²) in [7, 11) is 0. The molecule has 1 heteroatoms. The van der Waals surface area contributed by atoms with Gasteiger partial charge in [-0.1, -0.05) is 18.6 Å². The molecule has 0 amide bonds. The summed E-state index contributed by atoms with van der Waals surface area (Å²) < 4.78 is 0. The Balaban J connectivity index is 2.36. The van der Waals surface area contributed by atoms with Crippen LogP contribution in [0.1, 0.15) is 65.2 Å². The fourth-order valence-corrected chi connectivity index (χ4v) is 2.40. The van der Waals surface area contributed by atoms with E-state index in [4.69, 9.17) is 0 Å². The molecule has 1 aliphatic carbocycles. The predicted octanol–water partition coefficient (Wildman–Crippen LogP) is 4.05. The quantitative estimate of drug-likeness (QED) is 0.517. The first-order valence-electron chi connectivity index (χ1n) is 7.17. The molecule has 0 fully saturated rings. The van der Waals surface area contributed by atoms with E-state index in [1.807, 2.05) is 6.92 Å². The van der Waals surface area contributed by atoms with E-state index in [0.717, 1.165) is 13.0 Å². The van der Waals surface area contributed by atoms with Gasteiger partial charge in [-0.05, 0) is 58.4 Å². The summed E-state index contributed by atoms with van der Waals surface area (Å²) in [5.74, 6) is 6.17. The number of hydrogen-bond donors (Lipinski definition) is 1. The third-order valence-corrected chi connectivity index (χ3v) is 3.37. The van der Waals surface area contributed by atoms with Gasteiger partial charge in [0.15, 0.2) is 0 Å². The van der Waals surface area contributed by atoms with Gasteiger partial charge in [0.05, 0.1) is 0 Å². The van der Waals surface area contributed by atoms with Gasteiger partial charge >= 0.3 is 0 Å². The minimum atomic E-state index is 0.639. The molecule has 0 aromatic carbocycles. The summed E-state index contributed by atoms with van der Waals surface area (Å²) in [6.07, 6.45) is 12.5. The lowest BCUT2D eigenvalue weighted by Crippen LogP contribution is -2.30. The fraction of sp³-hybridized carbons (Fsp3) is 0.750. The first kappa shape index (κ1) is 14.3. The maximum atomic E-state index is 3.67. The Hall–Kier alpha value is -0.740. The molecule has 1 N–H and O–H groups in total. The summed E-state index contributed by atoms with van der Waals surface area (Å²) in [5.41, 5.74) is 1.68. The Morgan fingerprint density at radius 3 is 2.94 bits per heavy atom. The highest BCUT2D eigenvalue weighted by Gasteiger charge is 2.11. The van der Waals surface area contributed by atoms with Crippen molar-refractivity contribution >= 4 is 0 Å². The Kier molecular flexibility index (Phi) is 7.84. The molecule has 0 aromatic heterocycles. The number of hydrogen-bond acceptors (Lipinski definition) is 1. The van der Waals surface area contributed by atoms with Gasteiger partial charge in [-0.25, -0.2) is 0 Å².